The fourth-order valence-corrected chi connectivity index (χ4v) is 1.93. The molecule has 0 aliphatic heterocycles. The van der Waals surface area contributed by atoms with Crippen LogP contribution in [0.5, 0.6) is 5.75 Å². The highest BCUT2D eigenvalue weighted by molar-refractivity contribution is 5.69. The standard InChI is InChI=1S/C16H18N2O4/c1-3-21-13-7-5-12(6-8-13)14-9-10-15(19)18(17-14)11-16(20)22-4-2/h5-10H,3-4,11H2,1-2H3. The Labute approximate surface area is 128 Å². The maximum atomic E-state index is 11.8. The van der Waals surface area contributed by atoms with E-state index < -0.39 is 5.97 Å². The Morgan fingerprint density at radius 2 is 1.82 bits per heavy atom. The Morgan fingerprint density at radius 1 is 1.09 bits per heavy atom. The summed E-state index contributed by atoms with van der Waals surface area (Å²) >= 11 is 0. The highest BCUT2D eigenvalue weighted by Crippen LogP contribution is 2.19. The van der Waals surface area contributed by atoms with Gasteiger partial charge in [-0.2, -0.15) is 5.10 Å². The lowest BCUT2D eigenvalue weighted by Gasteiger charge is -2.08. The topological polar surface area (TPSA) is 70.4 Å². The van der Waals surface area contributed by atoms with Gasteiger partial charge in [-0.05, 0) is 44.2 Å². The minimum absolute atomic E-state index is 0.197. The molecule has 0 atom stereocenters. The first kappa shape index (κ1) is 15.8. The van der Waals surface area contributed by atoms with Crippen molar-refractivity contribution in [1.29, 1.82) is 0 Å². The third-order valence-corrected chi connectivity index (χ3v) is 2.91. The van der Waals surface area contributed by atoms with E-state index in [1.165, 1.54) is 6.07 Å². The number of benzene rings is 1. The number of aromatic nitrogens is 2. The van der Waals surface area contributed by atoms with Crippen molar-refractivity contribution in [2.75, 3.05) is 13.2 Å². The number of carbonyl (C=O) groups is 1. The lowest BCUT2D eigenvalue weighted by atomic mass is 10.1. The minimum atomic E-state index is -0.485. The highest BCUT2D eigenvalue weighted by Gasteiger charge is 2.08. The van der Waals surface area contributed by atoms with Gasteiger partial charge in [-0.15, -0.1) is 0 Å². The van der Waals surface area contributed by atoms with Gasteiger partial charge in [0.15, 0.2) is 0 Å². The second-order valence-electron chi connectivity index (χ2n) is 4.48. The first-order valence-corrected chi connectivity index (χ1v) is 7.11. The predicted octanol–water partition coefficient (Wildman–Crippen LogP) is 1.87. The van der Waals surface area contributed by atoms with Crippen LogP contribution in [0.15, 0.2) is 41.2 Å². The van der Waals surface area contributed by atoms with Crippen LogP contribution in [0, 0.1) is 0 Å². The molecule has 0 aliphatic carbocycles. The zero-order valence-corrected chi connectivity index (χ0v) is 12.6. The summed E-state index contributed by atoms with van der Waals surface area (Å²) in [6, 6.07) is 10.4. The van der Waals surface area contributed by atoms with E-state index in [1.54, 1.807) is 13.0 Å². The van der Waals surface area contributed by atoms with Gasteiger partial charge in [-0.3, -0.25) is 9.59 Å². The molecule has 0 spiro atoms. The molecule has 0 saturated heterocycles. The van der Waals surface area contributed by atoms with Crippen molar-refractivity contribution in [3.63, 3.8) is 0 Å². The maximum absolute atomic E-state index is 11.8. The molecule has 22 heavy (non-hydrogen) atoms. The van der Waals surface area contributed by atoms with Gasteiger partial charge in [0.25, 0.3) is 5.56 Å². The fraction of sp³-hybridized carbons (Fsp3) is 0.312. The predicted molar refractivity (Wildman–Crippen MR) is 81.7 cm³/mol. The monoisotopic (exact) mass is 302 g/mol. The average molecular weight is 302 g/mol. The van der Waals surface area contributed by atoms with Crippen LogP contribution >= 0.6 is 0 Å². The van der Waals surface area contributed by atoms with Crippen molar-refractivity contribution in [3.05, 3.63) is 46.8 Å². The van der Waals surface area contributed by atoms with Crippen LogP contribution in [0.4, 0.5) is 0 Å². The smallest absolute Gasteiger partial charge is 0.327 e. The van der Waals surface area contributed by atoms with Crippen molar-refractivity contribution in [2.45, 2.75) is 20.4 Å². The van der Waals surface area contributed by atoms with Gasteiger partial charge in [0.2, 0.25) is 0 Å². The Morgan fingerprint density at radius 3 is 2.45 bits per heavy atom. The van der Waals surface area contributed by atoms with Gasteiger partial charge in [0, 0.05) is 11.6 Å². The quantitative estimate of drug-likeness (QED) is 0.762. The molecule has 0 bridgehead atoms. The van der Waals surface area contributed by atoms with Gasteiger partial charge in [0.1, 0.15) is 12.3 Å². The van der Waals surface area contributed by atoms with Crippen molar-refractivity contribution in [2.24, 2.45) is 0 Å². The summed E-state index contributed by atoms with van der Waals surface area (Å²) in [6.07, 6.45) is 0. The number of esters is 1. The summed E-state index contributed by atoms with van der Waals surface area (Å²) in [5.74, 6) is 0.284. The van der Waals surface area contributed by atoms with Gasteiger partial charge in [-0.25, -0.2) is 4.68 Å². The average Bonchev–Trinajstić information content (AvgIpc) is 2.51. The van der Waals surface area contributed by atoms with Crippen LogP contribution in [-0.4, -0.2) is 29.0 Å². The molecule has 2 aromatic rings. The molecule has 0 fully saturated rings. The Hall–Kier alpha value is -2.63. The van der Waals surface area contributed by atoms with Gasteiger partial charge < -0.3 is 9.47 Å². The lowest BCUT2D eigenvalue weighted by molar-refractivity contribution is -0.144. The third kappa shape index (κ3) is 3.94. The molecule has 0 unspecified atom stereocenters. The van der Waals surface area contributed by atoms with Gasteiger partial charge in [0.05, 0.1) is 18.9 Å². The second kappa shape index (κ2) is 7.40. The number of rotatable bonds is 6. The Bertz CT molecular complexity index is 692. The van der Waals surface area contributed by atoms with Crippen LogP contribution in [0.3, 0.4) is 0 Å². The summed E-state index contributed by atoms with van der Waals surface area (Å²) in [7, 11) is 0. The summed E-state index contributed by atoms with van der Waals surface area (Å²) in [6.45, 7) is 4.30. The summed E-state index contributed by atoms with van der Waals surface area (Å²) in [5, 5.41) is 4.20. The zero-order valence-electron chi connectivity index (χ0n) is 12.6. The van der Waals surface area contributed by atoms with E-state index in [0.717, 1.165) is 16.0 Å². The maximum Gasteiger partial charge on any atom is 0.327 e. The largest absolute Gasteiger partial charge is 0.494 e. The van der Waals surface area contributed by atoms with Crippen molar-refractivity contribution >= 4 is 5.97 Å². The van der Waals surface area contributed by atoms with E-state index in [2.05, 4.69) is 5.10 Å². The number of hydrogen-bond acceptors (Lipinski definition) is 5. The molecular weight excluding hydrogens is 284 g/mol. The van der Waals surface area contributed by atoms with Gasteiger partial charge >= 0.3 is 5.97 Å². The Balaban J connectivity index is 2.24. The van der Waals surface area contributed by atoms with Crippen LogP contribution in [0.1, 0.15) is 13.8 Å². The molecule has 0 N–H and O–H groups in total. The van der Waals surface area contributed by atoms with Crippen LogP contribution < -0.4 is 10.3 Å². The van der Waals surface area contributed by atoms with E-state index in [1.807, 2.05) is 31.2 Å². The molecule has 0 saturated carbocycles. The molecule has 2 rings (SSSR count). The van der Waals surface area contributed by atoms with E-state index in [-0.39, 0.29) is 18.7 Å². The highest BCUT2D eigenvalue weighted by atomic mass is 16.5. The molecule has 1 aromatic heterocycles. The van der Waals surface area contributed by atoms with Crippen molar-refractivity contribution in [3.8, 4) is 17.0 Å². The lowest BCUT2D eigenvalue weighted by Crippen LogP contribution is -2.27. The molecular formula is C16H18N2O4. The van der Waals surface area contributed by atoms with Crippen LogP contribution in [-0.2, 0) is 16.1 Å². The van der Waals surface area contributed by atoms with Crippen molar-refractivity contribution < 1.29 is 14.3 Å². The number of nitrogens with zero attached hydrogens (tertiary/aromatic N) is 2. The normalized spacial score (nSPS) is 10.3. The van der Waals surface area contributed by atoms with E-state index in [0.29, 0.717) is 12.3 Å². The Kier molecular flexibility index (Phi) is 5.30. The van der Waals surface area contributed by atoms with E-state index in [9.17, 15) is 9.59 Å². The van der Waals surface area contributed by atoms with Gasteiger partial charge in [-0.1, -0.05) is 0 Å². The van der Waals surface area contributed by atoms with Crippen LogP contribution in [0.2, 0.25) is 0 Å². The van der Waals surface area contributed by atoms with Crippen molar-refractivity contribution in [1.82, 2.24) is 9.78 Å². The first-order valence-electron chi connectivity index (χ1n) is 7.11. The molecule has 116 valence electrons. The number of carbonyl (C=O) groups excluding carboxylic acids is 1. The summed E-state index contributed by atoms with van der Waals surface area (Å²) in [4.78, 5) is 23.2. The first-order chi connectivity index (χ1) is 10.6. The number of ether oxygens (including phenoxy) is 2. The second-order valence-corrected chi connectivity index (χ2v) is 4.48. The molecule has 1 heterocycles. The minimum Gasteiger partial charge on any atom is -0.494 e. The summed E-state index contributed by atoms with van der Waals surface area (Å²) in [5.41, 5.74) is 1.09. The van der Waals surface area contributed by atoms with E-state index in [4.69, 9.17) is 9.47 Å². The van der Waals surface area contributed by atoms with Crippen LogP contribution in [0.25, 0.3) is 11.3 Å². The molecule has 6 nitrogen and oxygen atoms in total. The van der Waals surface area contributed by atoms with E-state index >= 15 is 0 Å². The molecule has 0 radical (unpaired) electrons. The summed E-state index contributed by atoms with van der Waals surface area (Å²) < 4.78 is 11.3. The molecule has 1 aromatic carbocycles. The fourth-order valence-electron chi connectivity index (χ4n) is 1.93. The number of hydrogen-bond donors (Lipinski definition) is 0. The molecule has 0 amide bonds. The zero-order chi connectivity index (χ0) is 15.9. The molecule has 6 heteroatoms. The third-order valence-electron chi connectivity index (χ3n) is 2.91. The SMILES string of the molecule is CCOC(=O)Cn1nc(-c2ccc(OCC)cc2)ccc1=O. The molecule has 0 aliphatic rings.